The summed E-state index contributed by atoms with van der Waals surface area (Å²) >= 11 is 0. The van der Waals surface area contributed by atoms with E-state index in [4.69, 9.17) is 4.74 Å². The number of rotatable bonds is 6. The minimum absolute atomic E-state index is 0.211. The van der Waals surface area contributed by atoms with E-state index in [9.17, 15) is 4.79 Å². The molecule has 166 valence electrons. The molecule has 1 atom stereocenters. The van der Waals surface area contributed by atoms with Crippen molar-refractivity contribution in [2.45, 2.75) is 12.6 Å². The zero-order valence-electron chi connectivity index (χ0n) is 18.1. The monoisotopic (exact) mass is 444 g/mol. The number of aromatic nitrogens is 4. The van der Waals surface area contributed by atoms with E-state index < -0.39 is 11.9 Å². The largest absolute Gasteiger partial charge is 0.497 e. The molecule has 0 aliphatic carbocycles. The number of nitrogens with one attached hydrogen (secondary N) is 1. The molecule has 1 unspecified atom stereocenters. The molecular weight excluding hydrogens is 423 g/mol. The Morgan fingerprint density at radius 2 is 1.88 bits per heavy atom. The summed E-state index contributed by atoms with van der Waals surface area (Å²) < 4.78 is 23.9. The van der Waals surface area contributed by atoms with Crippen LogP contribution in [0.4, 0.5) is 4.39 Å². The highest BCUT2D eigenvalue weighted by Gasteiger charge is 2.32. The molecule has 0 radical (unpaired) electrons. The number of ether oxygens (including phenoxy) is 1. The molecule has 2 aromatic carbocycles. The first-order valence-corrected chi connectivity index (χ1v) is 10.4. The lowest BCUT2D eigenvalue weighted by Gasteiger charge is -2.19. The van der Waals surface area contributed by atoms with Crippen molar-refractivity contribution >= 4 is 12.0 Å². The number of hydrogen-bond acceptors (Lipinski definition) is 6. The lowest BCUT2D eigenvalue weighted by Crippen LogP contribution is -2.21. The van der Waals surface area contributed by atoms with Gasteiger partial charge in [0, 0.05) is 29.3 Å². The second-order valence-electron chi connectivity index (χ2n) is 7.54. The summed E-state index contributed by atoms with van der Waals surface area (Å²) in [6, 6.07) is 11.0. The minimum Gasteiger partial charge on any atom is -0.497 e. The number of imidazole rings is 2. The van der Waals surface area contributed by atoms with Gasteiger partial charge in [0.15, 0.2) is 0 Å². The van der Waals surface area contributed by atoms with Gasteiger partial charge in [-0.15, -0.1) is 0 Å². The van der Waals surface area contributed by atoms with Crippen molar-refractivity contribution in [1.82, 2.24) is 24.4 Å². The van der Waals surface area contributed by atoms with E-state index in [0.717, 1.165) is 11.5 Å². The van der Waals surface area contributed by atoms with E-state index in [1.165, 1.54) is 12.3 Å². The van der Waals surface area contributed by atoms with Gasteiger partial charge in [-0.2, -0.15) is 0 Å². The van der Waals surface area contributed by atoms with Gasteiger partial charge in [-0.05, 0) is 43.4 Å². The van der Waals surface area contributed by atoms with Gasteiger partial charge in [0.25, 0.3) is 0 Å². The van der Waals surface area contributed by atoms with Crippen LogP contribution in [0.1, 0.15) is 33.6 Å². The van der Waals surface area contributed by atoms with Crippen molar-refractivity contribution < 1.29 is 13.9 Å². The fraction of sp³-hybridized carbons (Fsp3) is 0.167. The third kappa shape index (κ3) is 3.62. The van der Waals surface area contributed by atoms with E-state index in [1.54, 1.807) is 59.2 Å². The normalized spacial score (nSPS) is 15.0. The maximum atomic E-state index is 15.2. The number of aliphatic imine (C=N–C) groups is 1. The van der Waals surface area contributed by atoms with Crippen molar-refractivity contribution in [3.63, 3.8) is 0 Å². The van der Waals surface area contributed by atoms with Crippen molar-refractivity contribution in [1.29, 1.82) is 0 Å². The van der Waals surface area contributed by atoms with Crippen LogP contribution in [-0.2, 0) is 6.54 Å². The van der Waals surface area contributed by atoms with E-state index in [2.05, 4.69) is 20.3 Å². The molecule has 0 fully saturated rings. The van der Waals surface area contributed by atoms with Crippen LogP contribution in [0.2, 0.25) is 0 Å². The summed E-state index contributed by atoms with van der Waals surface area (Å²) in [5.41, 5.74) is 2.41. The highest BCUT2D eigenvalue weighted by atomic mass is 19.1. The fourth-order valence-electron chi connectivity index (χ4n) is 3.95. The molecule has 0 bridgehead atoms. The summed E-state index contributed by atoms with van der Waals surface area (Å²) in [5.74, 6) is 0.637. The van der Waals surface area contributed by atoms with Crippen LogP contribution >= 0.6 is 0 Å². The number of benzene rings is 2. The number of methoxy groups -OCH3 is 1. The summed E-state index contributed by atoms with van der Waals surface area (Å²) in [6.45, 7) is 0.542. The number of carbonyl (C=O) groups is 1. The Bertz CT molecular complexity index is 1360. The molecule has 0 spiro atoms. The van der Waals surface area contributed by atoms with Gasteiger partial charge in [0.05, 0.1) is 19.9 Å². The molecule has 1 aliphatic heterocycles. The van der Waals surface area contributed by atoms with Crippen molar-refractivity contribution in [2.24, 2.45) is 4.99 Å². The maximum Gasteiger partial charge on any atom is 0.210 e. The first-order chi connectivity index (χ1) is 16.1. The van der Waals surface area contributed by atoms with Crippen LogP contribution in [0.25, 0.3) is 11.4 Å². The highest BCUT2D eigenvalue weighted by molar-refractivity contribution is 6.08. The van der Waals surface area contributed by atoms with Crippen LogP contribution in [0.3, 0.4) is 0 Å². The molecule has 1 N–H and O–H groups in total. The van der Waals surface area contributed by atoms with Crippen LogP contribution in [0.5, 0.6) is 5.75 Å². The molecule has 33 heavy (non-hydrogen) atoms. The summed E-state index contributed by atoms with van der Waals surface area (Å²) in [6.07, 6.45) is 6.52. The molecule has 0 saturated heterocycles. The van der Waals surface area contributed by atoms with Crippen LogP contribution < -0.4 is 10.1 Å². The van der Waals surface area contributed by atoms with E-state index in [0.29, 0.717) is 29.4 Å². The summed E-state index contributed by atoms with van der Waals surface area (Å²) in [4.78, 5) is 26.3. The summed E-state index contributed by atoms with van der Waals surface area (Å²) in [7, 11) is 3.41. The number of carbonyl (C=O) groups excluding carboxylic acids is 1. The molecule has 3 heterocycles. The smallest absolute Gasteiger partial charge is 0.210 e. The van der Waals surface area contributed by atoms with E-state index in [-0.39, 0.29) is 11.3 Å². The second kappa shape index (κ2) is 8.44. The van der Waals surface area contributed by atoms with Gasteiger partial charge in [-0.3, -0.25) is 14.4 Å². The lowest BCUT2D eigenvalue weighted by atomic mass is 9.97. The first-order valence-electron chi connectivity index (χ1n) is 10.4. The Morgan fingerprint density at radius 3 is 2.61 bits per heavy atom. The molecule has 9 heteroatoms. The zero-order valence-corrected chi connectivity index (χ0v) is 18.1. The van der Waals surface area contributed by atoms with Gasteiger partial charge in [0.2, 0.25) is 5.78 Å². The highest BCUT2D eigenvalue weighted by Crippen LogP contribution is 2.31. The van der Waals surface area contributed by atoms with Gasteiger partial charge < -0.3 is 14.6 Å². The fourth-order valence-corrected chi connectivity index (χ4v) is 3.95. The molecule has 5 rings (SSSR count). The van der Waals surface area contributed by atoms with Gasteiger partial charge >= 0.3 is 0 Å². The maximum absolute atomic E-state index is 15.2. The summed E-state index contributed by atoms with van der Waals surface area (Å²) in [5, 5.41) is 3.04. The topological polar surface area (TPSA) is 86.3 Å². The molecule has 0 saturated carbocycles. The van der Waals surface area contributed by atoms with Crippen LogP contribution in [0.15, 0.2) is 66.2 Å². The average molecular weight is 444 g/mol. The SMILES string of the molecule is CNCc1nccn1-c1ccc(C2N=Cc3ncn(-c4ccc(OC)cc4)c3C2=O)c(F)c1. The Morgan fingerprint density at radius 1 is 1.09 bits per heavy atom. The Balaban J connectivity index is 1.48. The lowest BCUT2D eigenvalue weighted by molar-refractivity contribution is 0.0952. The predicted octanol–water partition coefficient (Wildman–Crippen LogP) is 3.28. The van der Waals surface area contributed by atoms with Gasteiger partial charge in [-0.1, -0.05) is 6.07 Å². The predicted molar refractivity (Wildman–Crippen MR) is 121 cm³/mol. The second-order valence-corrected chi connectivity index (χ2v) is 7.54. The Labute approximate surface area is 189 Å². The number of nitrogens with zero attached hydrogens (tertiary/aromatic N) is 5. The average Bonchev–Trinajstić information content (AvgIpc) is 3.48. The molecule has 1 aliphatic rings. The Hall–Kier alpha value is -4.11. The van der Waals surface area contributed by atoms with Crippen molar-refractivity contribution in [3.05, 3.63) is 89.8 Å². The quantitative estimate of drug-likeness (QED) is 0.493. The molecule has 0 amide bonds. The Kier molecular flexibility index (Phi) is 5.31. The number of Topliss-reactive ketones (excluding diaryl/α,β-unsaturated/α-hetero) is 1. The zero-order chi connectivity index (χ0) is 22.9. The van der Waals surface area contributed by atoms with Gasteiger partial charge in [0.1, 0.15) is 41.1 Å². The van der Waals surface area contributed by atoms with E-state index >= 15 is 4.39 Å². The molecule has 4 aromatic rings. The number of halogens is 1. The van der Waals surface area contributed by atoms with E-state index in [1.807, 2.05) is 19.2 Å². The number of hydrogen-bond donors (Lipinski definition) is 1. The number of ketones is 1. The third-order valence-electron chi connectivity index (χ3n) is 5.58. The van der Waals surface area contributed by atoms with Gasteiger partial charge in [-0.25, -0.2) is 14.4 Å². The third-order valence-corrected chi connectivity index (χ3v) is 5.58. The standard InChI is InChI=1S/C24H21FN6O2/c1-26-13-21-27-9-10-30(21)16-5-8-18(19(25)11-16)22-24(32)23-20(12-28-22)29-14-31(23)15-3-6-17(33-2)7-4-15/h3-12,14,22,26H,13H2,1-2H3. The van der Waals surface area contributed by atoms with Crippen LogP contribution in [-0.4, -0.2) is 45.3 Å². The molecule has 8 nitrogen and oxygen atoms in total. The molecule has 2 aromatic heterocycles. The number of fused-ring (bicyclic) bond motifs is 1. The van der Waals surface area contributed by atoms with Crippen molar-refractivity contribution in [3.8, 4) is 17.1 Å². The van der Waals surface area contributed by atoms with Crippen LogP contribution in [0, 0.1) is 5.82 Å². The minimum atomic E-state index is -0.986. The van der Waals surface area contributed by atoms with Crippen molar-refractivity contribution in [2.75, 3.05) is 14.2 Å². The molecular formula is C24H21FN6O2. The first kappa shape index (κ1) is 20.8.